The Labute approximate surface area is 391 Å². The van der Waals surface area contributed by atoms with Gasteiger partial charge in [0.25, 0.3) is 0 Å². The van der Waals surface area contributed by atoms with Gasteiger partial charge in [0.2, 0.25) is 23.6 Å². The first-order chi connectivity index (χ1) is 31.1. The number of methoxy groups -OCH3 is 2. The second-order valence-electron chi connectivity index (χ2n) is 18.3. The highest BCUT2D eigenvalue weighted by molar-refractivity contribution is 5.92. The summed E-state index contributed by atoms with van der Waals surface area (Å²) in [4.78, 5) is 86.7. The largest absolute Gasteiger partial charge is 0.465 e. The molecule has 1 fully saturated rings. The van der Waals surface area contributed by atoms with Gasteiger partial charge in [0.05, 0.1) is 48.8 Å². The average Bonchev–Trinajstić information content (AvgIpc) is 3.78. The molecule has 2 aromatic carbocycles. The van der Waals surface area contributed by atoms with E-state index in [4.69, 9.17) is 14.2 Å². The van der Waals surface area contributed by atoms with E-state index in [1.807, 2.05) is 45.9 Å². The van der Waals surface area contributed by atoms with Crippen LogP contribution in [0.25, 0.3) is 0 Å². The highest BCUT2D eigenvalue weighted by Gasteiger charge is 2.43. The van der Waals surface area contributed by atoms with Crippen LogP contribution >= 0.6 is 0 Å². The highest BCUT2D eigenvalue weighted by Crippen LogP contribution is 2.30. The van der Waals surface area contributed by atoms with Crippen LogP contribution in [-0.2, 0) is 40.0 Å². The summed E-state index contributed by atoms with van der Waals surface area (Å²) in [6.07, 6.45) is -2.22. The molecule has 4 N–H and O–H groups in total. The predicted molar refractivity (Wildman–Crippen MR) is 251 cm³/mol. The molecule has 1 aliphatic rings. The van der Waals surface area contributed by atoms with E-state index >= 15 is 0 Å². The standard InChI is InChI=1S/C49H76N6O11/c1-14-31(6)42(38(64-12)27-39(56)55-26-18-21-37(55)44(65-13)32(7)45(58)50-33(8)43(57)35-19-16-15-17-20-35)53(10)47(60)40(29(2)3)51-46(59)41(30(4)5)54(11)49(63)66-28-34-22-24-36(25-23-34)52(9)48(61)62/h15-17,19-20,22-25,29-33,37-38,40-44,57H,14,18,21,26-28H2,1-13H3,(H,50,58)(H,51,59)(H,61,62)/t31?,32?,33?,37-,38?,40?,41?,42?,43?,44?/m1/s1. The Morgan fingerprint density at radius 2 is 1.44 bits per heavy atom. The zero-order valence-corrected chi connectivity index (χ0v) is 41.2. The summed E-state index contributed by atoms with van der Waals surface area (Å²) in [7, 11) is 7.58. The first-order valence-corrected chi connectivity index (χ1v) is 23.0. The minimum atomic E-state index is -1.11. The monoisotopic (exact) mass is 925 g/mol. The molecule has 0 radical (unpaired) electrons. The van der Waals surface area contributed by atoms with Crippen LogP contribution in [0.1, 0.15) is 98.3 Å². The van der Waals surface area contributed by atoms with Gasteiger partial charge in [0.1, 0.15) is 18.7 Å². The number of hydrogen-bond donors (Lipinski definition) is 4. The van der Waals surface area contributed by atoms with Crippen LogP contribution in [0.2, 0.25) is 0 Å². The highest BCUT2D eigenvalue weighted by atomic mass is 16.6. The maximum absolute atomic E-state index is 14.6. The molecule has 3 rings (SSSR count). The van der Waals surface area contributed by atoms with Gasteiger partial charge in [-0.3, -0.25) is 29.0 Å². The maximum atomic E-state index is 14.6. The summed E-state index contributed by atoms with van der Waals surface area (Å²) in [5.74, 6) is -2.94. The molecule has 0 saturated carbocycles. The lowest BCUT2D eigenvalue weighted by Gasteiger charge is -2.41. The summed E-state index contributed by atoms with van der Waals surface area (Å²) in [6, 6.07) is 12.0. The smallest absolute Gasteiger partial charge is 0.411 e. The molecule has 17 nitrogen and oxygen atoms in total. The second kappa shape index (κ2) is 25.6. The average molecular weight is 925 g/mol. The van der Waals surface area contributed by atoms with E-state index in [1.54, 1.807) is 80.9 Å². The van der Waals surface area contributed by atoms with Crippen molar-refractivity contribution in [1.29, 1.82) is 0 Å². The molecule has 0 aliphatic carbocycles. The van der Waals surface area contributed by atoms with Crippen LogP contribution < -0.4 is 15.5 Å². The fourth-order valence-corrected chi connectivity index (χ4v) is 8.86. The van der Waals surface area contributed by atoms with Crippen LogP contribution in [0.5, 0.6) is 0 Å². The first-order valence-electron chi connectivity index (χ1n) is 23.0. The molecule has 0 aromatic heterocycles. The number of ether oxygens (including phenoxy) is 3. The Morgan fingerprint density at radius 3 is 1.97 bits per heavy atom. The van der Waals surface area contributed by atoms with E-state index in [1.165, 1.54) is 33.2 Å². The van der Waals surface area contributed by atoms with Crippen molar-refractivity contribution in [2.75, 3.05) is 46.8 Å². The van der Waals surface area contributed by atoms with E-state index in [0.717, 1.165) is 4.90 Å². The van der Waals surface area contributed by atoms with Gasteiger partial charge in [-0.05, 0) is 60.8 Å². The lowest BCUT2D eigenvalue weighted by molar-refractivity contribution is -0.148. The summed E-state index contributed by atoms with van der Waals surface area (Å²) in [6.45, 7) is 15.0. The molecule has 1 aliphatic heterocycles. The number of carbonyl (C=O) groups excluding carboxylic acids is 5. The predicted octanol–water partition coefficient (Wildman–Crippen LogP) is 5.69. The number of anilines is 1. The molecule has 2 aromatic rings. The van der Waals surface area contributed by atoms with Crippen LogP contribution in [0.15, 0.2) is 54.6 Å². The molecule has 6 amide bonds. The van der Waals surface area contributed by atoms with E-state index in [2.05, 4.69) is 10.6 Å². The van der Waals surface area contributed by atoms with Gasteiger partial charge >= 0.3 is 12.2 Å². The Morgan fingerprint density at radius 1 is 0.818 bits per heavy atom. The Balaban J connectivity index is 1.74. The van der Waals surface area contributed by atoms with E-state index in [0.29, 0.717) is 42.6 Å². The van der Waals surface area contributed by atoms with Crippen LogP contribution in [0, 0.1) is 23.7 Å². The lowest BCUT2D eigenvalue weighted by Crippen LogP contribution is -2.60. The van der Waals surface area contributed by atoms with Crippen molar-refractivity contribution in [2.45, 2.75) is 136 Å². The number of hydrogen-bond acceptors (Lipinski definition) is 10. The fourth-order valence-electron chi connectivity index (χ4n) is 8.86. The Kier molecular flexibility index (Phi) is 21.4. The van der Waals surface area contributed by atoms with Crippen molar-refractivity contribution in [2.24, 2.45) is 23.7 Å². The number of likely N-dealkylation sites (tertiary alicyclic amines) is 1. The SMILES string of the molecule is CCC(C)C(C(CC(=O)N1CCC[C@@H]1C(OC)C(C)C(=O)NC(C)C(O)c1ccccc1)OC)N(C)C(=O)C(NC(=O)C(C(C)C)N(C)C(=O)OCc1ccc(N(C)C(=O)O)cc1)C(C)C. The van der Waals surface area contributed by atoms with Gasteiger partial charge in [-0.25, -0.2) is 9.59 Å². The van der Waals surface area contributed by atoms with Gasteiger partial charge in [-0.2, -0.15) is 0 Å². The Hall–Kier alpha value is -5.26. The molecule has 0 spiro atoms. The maximum Gasteiger partial charge on any atom is 0.411 e. The molecule has 368 valence electrons. The normalized spacial score (nSPS) is 17.9. The second-order valence-corrected chi connectivity index (χ2v) is 18.3. The summed E-state index contributed by atoms with van der Waals surface area (Å²) in [5.41, 5.74) is 1.75. The molecule has 9 unspecified atom stereocenters. The third kappa shape index (κ3) is 14.1. The number of nitrogens with zero attached hydrogens (tertiary/aromatic N) is 4. The number of carbonyl (C=O) groups is 6. The third-order valence-electron chi connectivity index (χ3n) is 13.1. The number of rotatable bonds is 23. The van der Waals surface area contributed by atoms with E-state index in [9.17, 15) is 39.0 Å². The van der Waals surface area contributed by atoms with Crippen molar-refractivity contribution in [3.63, 3.8) is 0 Å². The van der Waals surface area contributed by atoms with E-state index in [-0.39, 0.29) is 48.5 Å². The van der Waals surface area contributed by atoms with Gasteiger partial charge in [-0.1, -0.05) is 97.4 Å². The number of aliphatic hydroxyl groups is 1. The first kappa shape index (κ1) is 55.1. The lowest BCUT2D eigenvalue weighted by atomic mass is 9.89. The van der Waals surface area contributed by atoms with Crippen molar-refractivity contribution >= 4 is 41.5 Å². The quantitative estimate of drug-likeness (QED) is 0.106. The molecule has 0 bridgehead atoms. The van der Waals surface area contributed by atoms with Crippen LogP contribution in [-0.4, -0.2) is 145 Å². The summed E-state index contributed by atoms with van der Waals surface area (Å²) >= 11 is 0. The topological polar surface area (TPSA) is 208 Å². The number of carboxylic acid groups (broad SMARTS) is 1. The van der Waals surface area contributed by atoms with Crippen molar-refractivity contribution in [1.82, 2.24) is 25.3 Å². The van der Waals surface area contributed by atoms with Gasteiger partial charge < -0.3 is 44.9 Å². The molecule has 1 heterocycles. The zero-order chi connectivity index (χ0) is 49.6. The molecule has 10 atom stereocenters. The number of amides is 6. The summed E-state index contributed by atoms with van der Waals surface area (Å²) < 4.78 is 17.5. The third-order valence-corrected chi connectivity index (χ3v) is 13.1. The van der Waals surface area contributed by atoms with Crippen molar-refractivity contribution in [3.05, 3.63) is 65.7 Å². The number of nitrogens with one attached hydrogen (secondary N) is 2. The number of benzene rings is 2. The Bertz CT molecular complexity index is 1900. The number of likely N-dealkylation sites (N-methyl/N-ethyl adjacent to an activating group) is 2. The van der Waals surface area contributed by atoms with Crippen LogP contribution in [0.4, 0.5) is 15.3 Å². The molecule has 17 heteroatoms. The minimum Gasteiger partial charge on any atom is -0.465 e. The zero-order valence-electron chi connectivity index (χ0n) is 41.2. The van der Waals surface area contributed by atoms with Crippen molar-refractivity contribution < 1.29 is 53.2 Å². The van der Waals surface area contributed by atoms with Crippen molar-refractivity contribution in [3.8, 4) is 0 Å². The molecular weight excluding hydrogens is 849 g/mol. The molecular formula is C49H76N6O11. The summed E-state index contributed by atoms with van der Waals surface area (Å²) in [5, 5.41) is 26.0. The van der Waals surface area contributed by atoms with Gasteiger partial charge in [-0.15, -0.1) is 0 Å². The molecule has 66 heavy (non-hydrogen) atoms. The number of aliphatic hydroxyl groups excluding tert-OH is 1. The fraction of sp³-hybridized carbons (Fsp3) is 0.633. The molecule has 1 saturated heterocycles. The minimum absolute atomic E-state index is 0.0541. The van der Waals surface area contributed by atoms with Gasteiger partial charge in [0.15, 0.2) is 0 Å². The van der Waals surface area contributed by atoms with Gasteiger partial charge in [0, 0.05) is 47.6 Å². The van der Waals surface area contributed by atoms with Crippen LogP contribution in [0.3, 0.4) is 0 Å². The van der Waals surface area contributed by atoms with E-state index < -0.39 is 72.5 Å².